The van der Waals surface area contributed by atoms with Crippen molar-refractivity contribution in [1.82, 2.24) is 15.1 Å². The van der Waals surface area contributed by atoms with E-state index in [1.54, 1.807) is 34.1 Å². The number of benzene rings is 2. The van der Waals surface area contributed by atoms with Gasteiger partial charge < -0.3 is 24.6 Å². The third-order valence-corrected chi connectivity index (χ3v) is 5.29. The topological polar surface area (TPSA) is 71.1 Å². The summed E-state index contributed by atoms with van der Waals surface area (Å²) < 4.78 is 10.7. The Balaban J connectivity index is 1.30. The van der Waals surface area contributed by atoms with Crippen molar-refractivity contribution in [1.29, 1.82) is 0 Å². The number of hydrogen-bond donors (Lipinski definition) is 1. The van der Waals surface area contributed by atoms with Crippen molar-refractivity contribution in [3.8, 4) is 11.5 Å². The maximum atomic E-state index is 12.7. The fourth-order valence-electron chi connectivity index (χ4n) is 3.44. The lowest BCUT2D eigenvalue weighted by molar-refractivity contribution is 0.0762. The minimum Gasteiger partial charge on any atom is -0.454 e. The molecule has 0 saturated carbocycles. The van der Waals surface area contributed by atoms with E-state index in [9.17, 15) is 9.59 Å². The highest BCUT2D eigenvalue weighted by Crippen LogP contribution is 2.32. The van der Waals surface area contributed by atoms with Crippen LogP contribution in [0.1, 0.15) is 22.3 Å². The van der Waals surface area contributed by atoms with Crippen molar-refractivity contribution in [3.05, 3.63) is 58.6 Å². The number of nitrogens with zero attached hydrogens (tertiary/aromatic N) is 2. The molecule has 2 aliphatic rings. The first-order valence-electron chi connectivity index (χ1n) is 9.56. The van der Waals surface area contributed by atoms with E-state index in [0.717, 1.165) is 17.7 Å². The van der Waals surface area contributed by atoms with Crippen LogP contribution in [0.25, 0.3) is 0 Å². The van der Waals surface area contributed by atoms with Gasteiger partial charge in [0.15, 0.2) is 11.5 Å². The molecule has 8 heteroatoms. The summed E-state index contributed by atoms with van der Waals surface area (Å²) in [6.07, 6.45) is 0.733. The number of carbonyl (C=O) groups excluding carboxylic acids is 2. The molecule has 1 saturated heterocycles. The van der Waals surface area contributed by atoms with Gasteiger partial charge in [-0.3, -0.25) is 4.79 Å². The Bertz CT molecular complexity index is 903. The molecule has 0 spiro atoms. The van der Waals surface area contributed by atoms with Crippen LogP contribution in [-0.2, 0) is 6.54 Å². The molecule has 0 bridgehead atoms. The number of amides is 3. The smallest absolute Gasteiger partial charge is 0.317 e. The van der Waals surface area contributed by atoms with E-state index in [0.29, 0.717) is 49.1 Å². The average Bonchev–Trinajstić information content (AvgIpc) is 3.06. The highest BCUT2D eigenvalue weighted by atomic mass is 35.5. The summed E-state index contributed by atoms with van der Waals surface area (Å²) in [7, 11) is 0. The molecular weight excluding hydrogens is 394 g/mol. The third kappa shape index (κ3) is 4.56. The van der Waals surface area contributed by atoms with Gasteiger partial charge in [-0.2, -0.15) is 0 Å². The van der Waals surface area contributed by atoms with Gasteiger partial charge in [0, 0.05) is 43.3 Å². The molecule has 0 aliphatic carbocycles. The SMILES string of the molecule is O=C(NCc1ccc2c(c1)OCO2)N1CCCN(C(=O)c2ccc(Cl)cc2)CC1. The predicted molar refractivity (Wildman–Crippen MR) is 108 cm³/mol. The molecule has 1 N–H and O–H groups in total. The predicted octanol–water partition coefficient (Wildman–Crippen LogP) is 3.13. The first-order valence-corrected chi connectivity index (χ1v) is 9.94. The normalized spacial score (nSPS) is 15.8. The van der Waals surface area contributed by atoms with Gasteiger partial charge in [-0.25, -0.2) is 4.79 Å². The number of carbonyl (C=O) groups is 2. The molecule has 2 aromatic carbocycles. The third-order valence-electron chi connectivity index (χ3n) is 5.04. The van der Waals surface area contributed by atoms with Crippen molar-refractivity contribution in [2.45, 2.75) is 13.0 Å². The van der Waals surface area contributed by atoms with E-state index < -0.39 is 0 Å². The molecule has 152 valence electrons. The Labute approximate surface area is 174 Å². The zero-order valence-electron chi connectivity index (χ0n) is 15.9. The maximum absolute atomic E-state index is 12.7. The van der Waals surface area contributed by atoms with E-state index in [1.807, 2.05) is 18.2 Å². The molecule has 0 atom stereocenters. The summed E-state index contributed by atoms with van der Waals surface area (Å²) in [6, 6.07) is 12.4. The van der Waals surface area contributed by atoms with Crippen molar-refractivity contribution >= 4 is 23.5 Å². The zero-order valence-corrected chi connectivity index (χ0v) is 16.7. The summed E-state index contributed by atoms with van der Waals surface area (Å²) >= 11 is 5.89. The van der Waals surface area contributed by atoms with Gasteiger partial charge >= 0.3 is 6.03 Å². The molecule has 0 aromatic heterocycles. The molecular formula is C21H22ClN3O4. The second-order valence-corrected chi connectivity index (χ2v) is 7.42. The molecule has 1 fully saturated rings. The van der Waals surface area contributed by atoms with Crippen LogP contribution in [0.3, 0.4) is 0 Å². The summed E-state index contributed by atoms with van der Waals surface area (Å²) in [5, 5.41) is 3.54. The van der Waals surface area contributed by atoms with Crippen molar-refractivity contribution in [3.63, 3.8) is 0 Å². The molecule has 3 amide bonds. The number of rotatable bonds is 3. The summed E-state index contributed by atoms with van der Waals surface area (Å²) in [5.41, 5.74) is 1.55. The zero-order chi connectivity index (χ0) is 20.2. The minimum absolute atomic E-state index is 0.0377. The Kier molecular flexibility index (Phi) is 5.76. The second-order valence-electron chi connectivity index (χ2n) is 6.99. The fourth-order valence-corrected chi connectivity index (χ4v) is 3.57. The van der Waals surface area contributed by atoms with Crippen LogP contribution in [0.2, 0.25) is 5.02 Å². The van der Waals surface area contributed by atoms with E-state index in [-0.39, 0.29) is 18.7 Å². The molecule has 0 unspecified atom stereocenters. The molecule has 4 rings (SSSR count). The highest BCUT2D eigenvalue weighted by molar-refractivity contribution is 6.30. The van der Waals surface area contributed by atoms with Crippen LogP contribution in [-0.4, -0.2) is 54.7 Å². The van der Waals surface area contributed by atoms with Crippen molar-refractivity contribution < 1.29 is 19.1 Å². The number of ether oxygens (including phenoxy) is 2. The van der Waals surface area contributed by atoms with Gasteiger partial charge in [0.1, 0.15) is 0 Å². The first-order chi connectivity index (χ1) is 14.1. The molecule has 7 nitrogen and oxygen atoms in total. The lowest BCUT2D eigenvalue weighted by Gasteiger charge is -2.22. The minimum atomic E-state index is -0.136. The number of fused-ring (bicyclic) bond motifs is 1. The Morgan fingerprint density at radius 1 is 0.931 bits per heavy atom. The number of halogens is 1. The van der Waals surface area contributed by atoms with E-state index in [4.69, 9.17) is 21.1 Å². The van der Waals surface area contributed by atoms with Gasteiger partial charge in [0.25, 0.3) is 5.91 Å². The highest BCUT2D eigenvalue weighted by Gasteiger charge is 2.23. The standard InChI is InChI=1S/C21H22ClN3O4/c22-17-5-3-16(4-6-17)20(26)24-8-1-9-25(11-10-24)21(27)23-13-15-2-7-18-19(12-15)29-14-28-18/h2-7,12H,1,8-11,13-14H2,(H,23,27). The van der Waals surface area contributed by atoms with Gasteiger partial charge in [-0.15, -0.1) is 0 Å². The van der Waals surface area contributed by atoms with Crippen LogP contribution < -0.4 is 14.8 Å². The van der Waals surface area contributed by atoms with Gasteiger partial charge in [0.05, 0.1) is 0 Å². The van der Waals surface area contributed by atoms with Crippen LogP contribution >= 0.6 is 11.6 Å². The number of nitrogens with one attached hydrogen (secondary N) is 1. The van der Waals surface area contributed by atoms with Crippen molar-refractivity contribution in [2.75, 3.05) is 33.0 Å². The second kappa shape index (κ2) is 8.61. The Hall–Kier alpha value is -2.93. The summed E-state index contributed by atoms with van der Waals surface area (Å²) in [5.74, 6) is 1.38. The quantitative estimate of drug-likeness (QED) is 0.836. The van der Waals surface area contributed by atoms with E-state index in [1.165, 1.54) is 0 Å². The lowest BCUT2D eigenvalue weighted by Crippen LogP contribution is -2.42. The van der Waals surface area contributed by atoms with Gasteiger partial charge in [-0.05, 0) is 48.4 Å². The summed E-state index contributed by atoms with van der Waals surface area (Å²) in [4.78, 5) is 28.8. The lowest BCUT2D eigenvalue weighted by atomic mass is 10.2. The van der Waals surface area contributed by atoms with Gasteiger partial charge in [-0.1, -0.05) is 17.7 Å². The largest absolute Gasteiger partial charge is 0.454 e. The molecule has 2 aromatic rings. The number of urea groups is 1. The fraction of sp³-hybridized carbons (Fsp3) is 0.333. The van der Waals surface area contributed by atoms with Crippen molar-refractivity contribution in [2.24, 2.45) is 0 Å². The van der Waals surface area contributed by atoms with Crippen LogP contribution in [0.4, 0.5) is 4.79 Å². The first kappa shape index (κ1) is 19.4. The van der Waals surface area contributed by atoms with E-state index in [2.05, 4.69) is 5.32 Å². The maximum Gasteiger partial charge on any atom is 0.317 e. The van der Waals surface area contributed by atoms with Crippen LogP contribution in [0.5, 0.6) is 11.5 Å². The molecule has 2 aliphatic heterocycles. The molecule has 29 heavy (non-hydrogen) atoms. The Morgan fingerprint density at radius 2 is 1.66 bits per heavy atom. The van der Waals surface area contributed by atoms with Crippen LogP contribution in [0, 0.1) is 0 Å². The van der Waals surface area contributed by atoms with Gasteiger partial charge in [0.2, 0.25) is 6.79 Å². The Morgan fingerprint density at radius 3 is 2.48 bits per heavy atom. The summed E-state index contributed by atoms with van der Waals surface area (Å²) in [6.45, 7) is 2.85. The number of hydrogen-bond acceptors (Lipinski definition) is 4. The monoisotopic (exact) mass is 415 g/mol. The molecule has 2 heterocycles. The van der Waals surface area contributed by atoms with Crippen LogP contribution in [0.15, 0.2) is 42.5 Å². The van der Waals surface area contributed by atoms with E-state index >= 15 is 0 Å². The average molecular weight is 416 g/mol. The molecule has 0 radical (unpaired) electrons.